The van der Waals surface area contributed by atoms with E-state index in [1.165, 1.54) is 11.3 Å². The van der Waals surface area contributed by atoms with Gasteiger partial charge in [-0.3, -0.25) is 9.48 Å². The van der Waals surface area contributed by atoms with E-state index in [4.69, 9.17) is 23.2 Å². The average Bonchev–Trinajstić information content (AvgIpc) is 2.90. The molecular formula is C12H11Br2Cl2N3OS. The second kappa shape index (κ2) is 7.46. The Labute approximate surface area is 153 Å². The van der Waals surface area contributed by atoms with Crippen LogP contribution in [-0.4, -0.2) is 22.2 Å². The van der Waals surface area contributed by atoms with Gasteiger partial charge < -0.3 is 5.32 Å². The fraction of sp³-hybridized carbons (Fsp3) is 0.333. The van der Waals surface area contributed by atoms with Gasteiger partial charge in [0.1, 0.15) is 10.2 Å². The van der Waals surface area contributed by atoms with Crippen molar-refractivity contribution in [3.8, 4) is 0 Å². The maximum absolute atomic E-state index is 11.9. The quantitative estimate of drug-likeness (QED) is 0.625. The zero-order chi connectivity index (χ0) is 15.6. The first-order valence-electron chi connectivity index (χ1n) is 6.01. The van der Waals surface area contributed by atoms with Gasteiger partial charge in [-0.25, -0.2) is 0 Å². The topological polar surface area (TPSA) is 46.9 Å². The predicted octanol–water partition coefficient (Wildman–Crippen LogP) is 4.90. The fourth-order valence-electron chi connectivity index (χ4n) is 1.66. The minimum Gasteiger partial charge on any atom is -0.351 e. The summed E-state index contributed by atoms with van der Waals surface area (Å²) >= 11 is 20.1. The SMILES string of the molecule is Cc1nn(CCCNC(=O)c2cc(Br)c(Br)s2)c(Cl)c1Cl. The molecule has 0 fully saturated rings. The first-order valence-corrected chi connectivity index (χ1v) is 9.17. The minimum absolute atomic E-state index is 0.0906. The Hall–Kier alpha value is -0.0800. The van der Waals surface area contributed by atoms with E-state index < -0.39 is 0 Å². The molecule has 0 spiro atoms. The number of carbonyl (C=O) groups excluding carboxylic acids is 1. The largest absolute Gasteiger partial charge is 0.351 e. The van der Waals surface area contributed by atoms with E-state index in [0.717, 1.165) is 14.7 Å². The number of rotatable bonds is 5. The van der Waals surface area contributed by atoms with E-state index in [1.54, 1.807) is 17.7 Å². The van der Waals surface area contributed by atoms with Crippen LogP contribution in [0.4, 0.5) is 0 Å². The molecule has 9 heteroatoms. The summed E-state index contributed by atoms with van der Waals surface area (Å²) in [6.45, 7) is 2.95. The van der Waals surface area contributed by atoms with Gasteiger partial charge >= 0.3 is 0 Å². The van der Waals surface area contributed by atoms with Crippen molar-refractivity contribution in [1.29, 1.82) is 0 Å². The summed E-state index contributed by atoms with van der Waals surface area (Å²) < 4.78 is 3.43. The number of thiophene rings is 1. The molecule has 0 unspecified atom stereocenters. The van der Waals surface area contributed by atoms with Crippen LogP contribution in [0.15, 0.2) is 14.3 Å². The summed E-state index contributed by atoms with van der Waals surface area (Å²) in [6, 6.07) is 1.79. The Morgan fingerprint density at radius 1 is 1.48 bits per heavy atom. The lowest BCUT2D eigenvalue weighted by atomic mass is 10.4. The van der Waals surface area contributed by atoms with Gasteiger partial charge in [-0.2, -0.15) is 5.10 Å². The van der Waals surface area contributed by atoms with Crippen molar-refractivity contribution in [2.75, 3.05) is 6.54 Å². The second-order valence-corrected chi connectivity index (χ2v) is 8.22. The molecule has 0 atom stereocenters. The van der Waals surface area contributed by atoms with Crippen LogP contribution in [0.2, 0.25) is 10.2 Å². The number of hydrogen-bond donors (Lipinski definition) is 1. The summed E-state index contributed by atoms with van der Waals surface area (Å²) in [6.07, 6.45) is 0.719. The van der Waals surface area contributed by atoms with Crippen LogP contribution < -0.4 is 5.32 Å². The molecule has 114 valence electrons. The predicted molar refractivity (Wildman–Crippen MR) is 93.7 cm³/mol. The van der Waals surface area contributed by atoms with Crippen molar-refractivity contribution in [3.63, 3.8) is 0 Å². The normalized spacial score (nSPS) is 10.9. The molecule has 4 nitrogen and oxygen atoms in total. The lowest BCUT2D eigenvalue weighted by molar-refractivity contribution is 0.0956. The first kappa shape index (κ1) is 17.3. The Morgan fingerprint density at radius 3 is 2.71 bits per heavy atom. The minimum atomic E-state index is -0.0906. The van der Waals surface area contributed by atoms with E-state index in [1.807, 2.05) is 0 Å². The highest BCUT2D eigenvalue weighted by Gasteiger charge is 2.12. The van der Waals surface area contributed by atoms with Crippen LogP contribution in [0.25, 0.3) is 0 Å². The van der Waals surface area contributed by atoms with Gasteiger partial charge in [0.05, 0.1) is 14.4 Å². The maximum Gasteiger partial charge on any atom is 0.261 e. The standard InChI is InChI=1S/C12H11Br2Cl2N3OS/c1-6-9(15)11(16)19(18-6)4-2-3-17-12(20)8-5-7(13)10(14)21-8/h5H,2-4H2,1H3,(H,17,20). The number of amides is 1. The number of hydrogen-bond acceptors (Lipinski definition) is 3. The molecule has 2 aromatic rings. The number of aryl methyl sites for hydroxylation is 2. The van der Waals surface area contributed by atoms with Gasteiger partial charge in [0.15, 0.2) is 0 Å². The molecule has 2 aromatic heterocycles. The zero-order valence-electron chi connectivity index (χ0n) is 10.9. The van der Waals surface area contributed by atoms with Crippen molar-refractivity contribution in [1.82, 2.24) is 15.1 Å². The molecule has 1 amide bonds. The molecule has 0 aliphatic heterocycles. The van der Waals surface area contributed by atoms with E-state index >= 15 is 0 Å². The van der Waals surface area contributed by atoms with Gasteiger partial charge in [0.2, 0.25) is 0 Å². The summed E-state index contributed by atoms with van der Waals surface area (Å²) in [7, 11) is 0. The molecule has 0 saturated heterocycles. The molecule has 0 radical (unpaired) electrons. The van der Waals surface area contributed by atoms with Crippen LogP contribution >= 0.6 is 66.4 Å². The monoisotopic (exact) mass is 473 g/mol. The Balaban J connectivity index is 1.82. The Kier molecular flexibility index (Phi) is 6.14. The van der Waals surface area contributed by atoms with Crippen molar-refractivity contribution in [2.24, 2.45) is 0 Å². The summed E-state index contributed by atoms with van der Waals surface area (Å²) in [4.78, 5) is 12.6. The molecular weight excluding hydrogens is 465 g/mol. The second-order valence-electron chi connectivity index (χ2n) is 4.26. The molecule has 1 N–H and O–H groups in total. The van der Waals surface area contributed by atoms with Gasteiger partial charge in [-0.1, -0.05) is 23.2 Å². The third kappa shape index (κ3) is 4.22. The third-order valence-corrected chi connectivity index (χ3v) is 6.89. The molecule has 0 aliphatic rings. The lowest BCUT2D eigenvalue weighted by Gasteiger charge is -2.05. The molecule has 2 heterocycles. The molecule has 0 saturated carbocycles. The highest BCUT2D eigenvalue weighted by atomic mass is 79.9. The summed E-state index contributed by atoms with van der Waals surface area (Å²) in [5.41, 5.74) is 0.707. The van der Waals surface area contributed by atoms with Gasteiger partial charge in [-0.05, 0) is 51.3 Å². The number of aromatic nitrogens is 2. The number of halogens is 4. The Morgan fingerprint density at radius 2 is 2.19 bits per heavy atom. The first-order chi connectivity index (χ1) is 9.90. The Bertz CT molecular complexity index is 652. The lowest BCUT2D eigenvalue weighted by Crippen LogP contribution is -2.24. The van der Waals surface area contributed by atoms with E-state index in [0.29, 0.717) is 33.8 Å². The van der Waals surface area contributed by atoms with Crippen LogP contribution in [-0.2, 0) is 6.54 Å². The van der Waals surface area contributed by atoms with Gasteiger partial charge in [-0.15, -0.1) is 11.3 Å². The molecule has 0 aromatic carbocycles. The van der Waals surface area contributed by atoms with Crippen LogP contribution in [0, 0.1) is 6.92 Å². The summed E-state index contributed by atoms with van der Waals surface area (Å²) in [5.74, 6) is -0.0906. The number of carbonyl (C=O) groups is 1. The van der Waals surface area contributed by atoms with Gasteiger partial charge in [0.25, 0.3) is 5.91 Å². The van der Waals surface area contributed by atoms with Crippen LogP contribution in [0.3, 0.4) is 0 Å². The zero-order valence-corrected chi connectivity index (χ0v) is 16.4. The van der Waals surface area contributed by atoms with Crippen molar-refractivity contribution < 1.29 is 4.79 Å². The van der Waals surface area contributed by atoms with Crippen molar-refractivity contribution in [2.45, 2.75) is 19.9 Å². The van der Waals surface area contributed by atoms with E-state index in [9.17, 15) is 4.79 Å². The molecule has 0 bridgehead atoms. The van der Waals surface area contributed by atoms with Crippen LogP contribution in [0.5, 0.6) is 0 Å². The summed E-state index contributed by atoms with van der Waals surface area (Å²) in [5, 5.41) is 8.01. The average molecular weight is 476 g/mol. The molecule has 2 rings (SSSR count). The van der Waals surface area contributed by atoms with E-state index in [-0.39, 0.29) is 5.91 Å². The van der Waals surface area contributed by atoms with Crippen molar-refractivity contribution >= 4 is 72.3 Å². The van der Waals surface area contributed by atoms with E-state index in [2.05, 4.69) is 42.3 Å². The maximum atomic E-state index is 11.9. The number of nitrogens with zero attached hydrogens (tertiary/aromatic N) is 2. The van der Waals surface area contributed by atoms with Crippen LogP contribution in [0.1, 0.15) is 21.8 Å². The highest BCUT2D eigenvalue weighted by molar-refractivity contribution is 9.13. The molecule has 0 aliphatic carbocycles. The highest BCUT2D eigenvalue weighted by Crippen LogP contribution is 2.32. The molecule has 21 heavy (non-hydrogen) atoms. The smallest absolute Gasteiger partial charge is 0.261 e. The van der Waals surface area contributed by atoms with Gasteiger partial charge in [0, 0.05) is 17.6 Å². The van der Waals surface area contributed by atoms with Crippen molar-refractivity contribution in [3.05, 3.63) is 35.1 Å². The number of nitrogens with one attached hydrogen (secondary N) is 1. The fourth-order valence-corrected chi connectivity index (χ4v) is 4.00. The third-order valence-electron chi connectivity index (χ3n) is 2.70.